The molecule has 4 heterocycles. The monoisotopic (exact) mass is 1310 g/mol. The van der Waals surface area contributed by atoms with E-state index in [-0.39, 0.29) is 59.2 Å². The molecule has 7 N–H and O–H groups in total. The smallest absolute Gasteiger partial charge is 0.149 e. The fourth-order valence-corrected chi connectivity index (χ4v) is 25.8. The van der Waals surface area contributed by atoms with Gasteiger partial charge >= 0.3 is 0 Å². The van der Waals surface area contributed by atoms with Crippen LogP contribution in [0.4, 0.5) is 0 Å². The molecule has 0 radical (unpaired) electrons. The summed E-state index contributed by atoms with van der Waals surface area (Å²) in [7, 11) is 3.62. The van der Waals surface area contributed by atoms with Crippen LogP contribution in [0.25, 0.3) is 21.9 Å². The molecule has 0 aromatic heterocycles. The summed E-state index contributed by atoms with van der Waals surface area (Å²) < 4.78 is 49.2. The van der Waals surface area contributed by atoms with Gasteiger partial charge in [0.05, 0.1) is 54.2 Å². The summed E-state index contributed by atoms with van der Waals surface area (Å²) in [5, 5.41) is 71.0. The van der Waals surface area contributed by atoms with E-state index < -0.39 is 59.5 Å². The van der Waals surface area contributed by atoms with Crippen molar-refractivity contribution in [1.29, 1.82) is 0 Å². The molecule has 8 bridgehead atoms. The number of fused-ring (bicyclic) bond motifs is 7. The van der Waals surface area contributed by atoms with Crippen LogP contribution in [0.2, 0.25) is 0 Å². The van der Waals surface area contributed by atoms with E-state index in [0.29, 0.717) is 108 Å². The maximum Gasteiger partial charge on any atom is 0.149 e. The van der Waals surface area contributed by atoms with Crippen molar-refractivity contribution in [2.24, 2.45) is 87.3 Å². The van der Waals surface area contributed by atoms with Gasteiger partial charge in [-0.15, -0.1) is 0 Å². The van der Waals surface area contributed by atoms with Crippen molar-refractivity contribution in [3.63, 3.8) is 0 Å². The molecule has 0 amide bonds. The molecule has 8 saturated carbocycles. The van der Waals surface area contributed by atoms with Gasteiger partial charge in [-0.25, -0.2) is 0 Å². The van der Waals surface area contributed by atoms with Crippen molar-refractivity contribution in [3.8, 4) is 63.2 Å². The zero-order valence-electron chi connectivity index (χ0n) is 56.3. The predicted molar refractivity (Wildman–Crippen MR) is 367 cm³/mol. The van der Waals surface area contributed by atoms with Crippen LogP contribution >= 0.6 is 0 Å². The van der Waals surface area contributed by atoms with Gasteiger partial charge in [-0.3, -0.25) is 10.6 Å². The zero-order chi connectivity index (χ0) is 65.3. The first-order valence-corrected chi connectivity index (χ1v) is 37.4. The third kappa shape index (κ3) is 9.02. The summed E-state index contributed by atoms with van der Waals surface area (Å²) >= 11 is 0. The Kier molecular flexibility index (Phi) is 14.7. The first kappa shape index (κ1) is 61.8. The lowest BCUT2D eigenvalue weighted by atomic mass is 9.50. The number of aromatic hydroxyl groups is 3. The lowest BCUT2D eigenvalue weighted by Gasteiger charge is -2.66. The van der Waals surface area contributed by atoms with Crippen molar-refractivity contribution < 1.29 is 58.7 Å². The average molecular weight is 1310 g/mol. The number of phenolic OH excluding ortho intramolecular Hbond substituents is 3. The lowest BCUT2D eigenvalue weighted by molar-refractivity contribution is -0.212. The Hall–Kier alpha value is -6.28. The van der Waals surface area contributed by atoms with E-state index in [1.54, 1.807) is 43.5 Å². The van der Waals surface area contributed by atoms with Crippen LogP contribution in [-0.4, -0.2) is 108 Å². The van der Waals surface area contributed by atoms with Crippen LogP contribution in [0.5, 0.6) is 40.2 Å². The minimum atomic E-state index is -1.10. The van der Waals surface area contributed by atoms with E-state index in [2.05, 4.69) is 53.6 Å². The highest BCUT2D eigenvalue weighted by Gasteiger charge is 2.84. The van der Waals surface area contributed by atoms with E-state index in [1.807, 2.05) is 37.4 Å². The lowest BCUT2D eigenvalue weighted by Crippen LogP contribution is -2.83. The molecule has 11 aliphatic carbocycles. The molecule has 15 aliphatic rings. The Bertz CT molecular complexity index is 4070. The minimum Gasteiger partial charge on any atom is -0.508 e. The van der Waals surface area contributed by atoms with E-state index in [1.165, 1.54) is 57.8 Å². The van der Waals surface area contributed by atoms with Crippen molar-refractivity contribution >= 4 is 10.8 Å². The van der Waals surface area contributed by atoms with Crippen LogP contribution < -0.4 is 29.6 Å². The van der Waals surface area contributed by atoms with Crippen LogP contribution in [-0.2, 0) is 20.6 Å². The molecular formula is C83H96N2O12. The number of aliphatic hydroxyl groups excluding tert-OH is 2. The van der Waals surface area contributed by atoms with Crippen molar-refractivity contribution in [2.45, 2.75) is 170 Å². The molecule has 21 unspecified atom stereocenters. The molecule has 5 aromatic carbocycles. The third-order valence-electron chi connectivity index (χ3n) is 29.0. The summed E-state index contributed by atoms with van der Waals surface area (Å²) in [4.78, 5) is 0. The normalized spacial score (nSPS) is 40.0. The number of nitrogens with one attached hydrogen (secondary N) is 2. The van der Waals surface area contributed by atoms with Crippen molar-refractivity contribution in [1.82, 2.24) is 10.6 Å². The van der Waals surface area contributed by atoms with E-state index >= 15 is 0 Å². The molecular weight excluding hydrogens is 1220 g/mol. The molecule has 20 rings (SSSR count). The number of benzene rings is 5. The highest BCUT2D eigenvalue weighted by atomic mass is 16.5. The SMILES string of the molecule is COCCCC1Oc2c3cc(c4cc(O)ccc24)OCC#CC2CNC4(CC5(CCCC5)C56CCC78CCC9C(CCOC)CC(C(C=CC75)C46)C98)NC24C2C=CC(C(O)C2)C4OC3C1C1COc2c(Cc3cc(O)ccc3-c3cccc(O)c3)cc(OC3CCCC3)cc2C1O. The topological polar surface area (TPSA) is 190 Å². The van der Waals surface area contributed by atoms with Gasteiger partial charge in [0, 0.05) is 97.5 Å². The average Bonchev–Trinajstić information content (AvgIpc) is 1.46. The number of rotatable bonds is 13. The predicted octanol–water partition coefficient (Wildman–Crippen LogP) is 13.6. The van der Waals surface area contributed by atoms with Crippen LogP contribution in [0, 0.1) is 99.1 Å². The highest BCUT2D eigenvalue weighted by Crippen LogP contribution is 2.86. The molecule has 5 spiro atoms. The van der Waals surface area contributed by atoms with Crippen LogP contribution in [0.15, 0.2) is 103 Å². The molecule has 5 aromatic rings. The van der Waals surface area contributed by atoms with Gasteiger partial charge in [0.15, 0.2) is 0 Å². The standard InChI is InChI=1S/C83H96N2O12/c1-91-31-9-15-68-71(66-44-94-74-49(37-56(41-64(74)73(66)90)95-55-13-3-4-14-55)34-48-36-53(87)17-20-57(48)46-10-7-12-52(86)35-46)76-65-42-69(62-40-54(88)18-21-59(62)75(65)96-68)93-32-8-11-51-43-84-82(85-83(51)50-16-19-61(67(89)39-50)78(83)97-76)45-79(26-5-6-27-79)81-30-29-80-28-24-58-47(25-33-92-2)38-63(72(58)80)60(77(81)82)22-23-70(80)81/h7,10,12,16-23,35-37,40-42,47,50-51,55,58,60-61,63,66-68,70-73,76-78,84-90H,3-6,9,13-15,24-34,38-39,43-45H2,1-2H3. The first-order valence-electron chi connectivity index (χ1n) is 37.4. The summed E-state index contributed by atoms with van der Waals surface area (Å²) in [5.74, 6) is 12.6. The Morgan fingerprint density at radius 2 is 1.55 bits per heavy atom. The molecule has 14 nitrogen and oxygen atoms in total. The van der Waals surface area contributed by atoms with Gasteiger partial charge in [0.1, 0.15) is 53.0 Å². The Morgan fingerprint density at radius 3 is 2.39 bits per heavy atom. The Labute approximate surface area is 570 Å². The highest BCUT2D eigenvalue weighted by molar-refractivity contribution is 5.96. The third-order valence-corrected chi connectivity index (χ3v) is 29.0. The number of hydrogen-bond donors (Lipinski definition) is 7. The quantitative estimate of drug-likeness (QED) is 0.0335. The van der Waals surface area contributed by atoms with Gasteiger partial charge in [0.25, 0.3) is 0 Å². The number of phenols is 3. The molecule has 21 atom stereocenters. The number of methoxy groups -OCH3 is 2. The van der Waals surface area contributed by atoms with Gasteiger partial charge < -0.3 is 58.7 Å². The van der Waals surface area contributed by atoms with Gasteiger partial charge in [0.2, 0.25) is 0 Å². The fourth-order valence-electron chi connectivity index (χ4n) is 25.8. The maximum atomic E-state index is 13.9. The van der Waals surface area contributed by atoms with Crippen molar-refractivity contribution in [2.75, 3.05) is 47.2 Å². The molecule has 97 heavy (non-hydrogen) atoms. The van der Waals surface area contributed by atoms with Crippen molar-refractivity contribution in [3.05, 3.63) is 125 Å². The Morgan fingerprint density at radius 1 is 0.711 bits per heavy atom. The molecule has 4 aliphatic heterocycles. The second-order valence-electron chi connectivity index (χ2n) is 32.9. The second-order valence-corrected chi connectivity index (χ2v) is 32.9. The molecule has 510 valence electrons. The molecule has 14 heteroatoms. The van der Waals surface area contributed by atoms with Gasteiger partial charge in [-0.1, -0.05) is 67.2 Å². The van der Waals surface area contributed by atoms with E-state index in [9.17, 15) is 25.5 Å². The minimum absolute atomic E-state index is 0.0209. The fraction of sp³-hybridized carbons (Fsp3) is 0.590. The van der Waals surface area contributed by atoms with Gasteiger partial charge in [-0.05, 0) is 232 Å². The van der Waals surface area contributed by atoms with Crippen LogP contribution in [0.1, 0.15) is 150 Å². The number of aliphatic hydroxyl groups is 2. The maximum absolute atomic E-state index is 13.9. The molecule has 1 saturated heterocycles. The summed E-state index contributed by atoms with van der Waals surface area (Å²) in [6.45, 7) is 2.23. The van der Waals surface area contributed by atoms with Crippen LogP contribution in [0.3, 0.4) is 0 Å². The van der Waals surface area contributed by atoms with E-state index in [4.69, 9.17) is 38.5 Å². The summed E-state index contributed by atoms with van der Waals surface area (Å²) in [6, 6.07) is 24.1. The second kappa shape index (κ2) is 23.1. The summed E-state index contributed by atoms with van der Waals surface area (Å²) in [5.41, 5.74) is 4.15. The van der Waals surface area contributed by atoms with Gasteiger partial charge in [-0.2, -0.15) is 0 Å². The van der Waals surface area contributed by atoms with E-state index in [0.717, 1.165) is 90.2 Å². The number of hydrogen-bond acceptors (Lipinski definition) is 14. The largest absolute Gasteiger partial charge is 0.508 e. The zero-order valence-corrected chi connectivity index (χ0v) is 56.3. The number of allylic oxidation sites excluding steroid dienone is 2. The molecule has 9 fully saturated rings. The summed E-state index contributed by atoms with van der Waals surface area (Å²) in [6.07, 6.45) is 26.9. The number of ether oxygens (including phenoxy) is 7. The Balaban J connectivity index is 0.771. The first-order chi connectivity index (χ1) is 47.4.